The van der Waals surface area contributed by atoms with Crippen LogP contribution in [0.1, 0.15) is 5.56 Å². The van der Waals surface area contributed by atoms with Crippen LogP contribution in [-0.2, 0) is 19.9 Å². The Balaban J connectivity index is 2.31. The molecule has 1 aromatic carbocycles. The molecule has 1 aromatic rings. The summed E-state index contributed by atoms with van der Waals surface area (Å²) in [4.78, 5) is 11.4. The van der Waals surface area contributed by atoms with Gasteiger partial charge in [0.1, 0.15) is 0 Å². The van der Waals surface area contributed by atoms with Gasteiger partial charge in [-0.05, 0) is 17.7 Å². The Kier molecular flexibility index (Phi) is 2.33. The number of esters is 1. The van der Waals surface area contributed by atoms with Crippen LogP contribution in [0.5, 0.6) is 0 Å². The van der Waals surface area contributed by atoms with Crippen molar-refractivity contribution in [1.29, 1.82) is 0 Å². The number of rotatable bonds is 2. The lowest BCUT2D eigenvalue weighted by atomic mass is 10.0. The molecule has 1 aliphatic heterocycles. The molecule has 0 amide bonds. The average Bonchev–Trinajstić information content (AvgIpc) is 2.99. The van der Waals surface area contributed by atoms with Crippen LogP contribution in [0.4, 0.5) is 0 Å². The molecule has 0 radical (unpaired) electrons. The van der Waals surface area contributed by atoms with Crippen molar-refractivity contribution in [2.75, 3.05) is 13.7 Å². The van der Waals surface area contributed by atoms with E-state index in [-0.39, 0.29) is 5.97 Å². The van der Waals surface area contributed by atoms with Crippen molar-refractivity contribution in [3.63, 3.8) is 0 Å². The maximum atomic E-state index is 11.4. The van der Waals surface area contributed by atoms with Crippen molar-refractivity contribution in [1.82, 2.24) is 0 Å². The molecule has 2 rings (SSSR count). The SMILES string of the molecule is COC(=O)C1(c2ccc(Br)cc2)CO1. The summed E-state index contributed by atoms with van der Waals surface area (Å²) < 4.78 is 10.8. The molecule has 0 bridgehead atoms. The summed E-state index contributed by atoms with van der Waals surface area (Å²) in [5.74, 6) is -0.333. The largest absolute Gasteiger partial charge is 0.467 e. The zero-order chi connectivity index (χ0) is 10.2. The van der Waals surface area contributed by atoms with Gasteiger partial charge in [0.05, 0.1) is 13.7 Å². The Morgan fingerprint density at radius 2 is 2.07 bits per heavy atom. The van der Waals surface area contributed by atoms with Crippen LogP contribution in [0.3, 0.4) is 0 Å². The second-order valence-electron chi connectivity index (χ2n) is 3.11. The van der Waals surface area contributed by atoms with Crippen LogP contribution in [0.2, 0.25) is 0 Å². The molecule has 0 aliphatic carbocycles. The fraction of sp³-hybridized carbons (Fsp3) is 0.300. The number of carbonyl (C=O) groups excluding carboxylic acids is 1. The molecular formula is C10H9BrO3. The van der Waals surface area contributed by atoms with Crippen LogP contribution in [0.25, 0.3) is 0 Å². The van der Waals surface area contributed by atoms with Crippen molar-refractivity contribution in [3.8, 4) is 0 Å². The lowest BCUT2D eigenvalue weighted by Crippen LogP contribution is -2.23. The Morgan fingerprint density at radius 1 is 1.50 bits per heavy atom. The molecule has 1 saturated heterocycles. The van der Waals surface area contributed by atoms with E-state index in [4.69, 9.17) is 4.74 Å². The van der Waals surface area contributed by atoms with Crippen LogP contribution < -0.4 is 0 Å². The van der Waals surface area contributed by atoms with E-state index in [9.17, 15) is 4.79 Å². The van der Waals surface area contributed by atoms with Gasteiger partial charge in [-0.25, -0.2) is 4.79 Å². The Bertz CT molecular complexity index is 354. The quantitative estimate of drug-likeness (QED) is 0.599. The van der Waals surface area contributed by atoms with Gasteiger partial charge in [0, 0.05) is 4.47 Å². The fourth-order valence-corrected chi connectivity index (χ4v) is 1.62. The lowest BCUT2D eigenvalue weighted by molar-refractivity contribution is -0.147. The van der Waals surface area contributed by atoms with Crippen molar-refractivity contribution < 1.29 is 14.3 Å². The summed E-state index contributed by atoms with van der Waals surface area (Å²) in [5, 5.41) is 0. The number of benzene rings is 1. The Labute approximate surface area is 90.1 Å². The number of halogens is 1. The summed E-state index contributed by atoms with van der Waals surface area (Å²) >= 11 is 3.33. The highest BCUT2D eigenvalue weighted by atomic mass is 79.9. The van der Waals surface area contributed by atoms with Gasteiger partial charge < -0.3 is 9.47 Å². The van der Waals surface area contributed by atoms with E-state index in [1.165, 1.54) is 7.11 Å². The molecule has 1 unspecified atom stereocenters. The van der Waals surface area contributed by atoms with Gasteiger partial charge in [0.15, 0.2) is 0 Å². The topological polar surface area (TPSA) is 38.8 Å². The van der Waals surface area contributed by atoms with Crippen LogP contribution in [0, 0.1) is 0 Å². The zero-order valence-electron chi connectivity index (χ0n) is 7.62. The Morgan fingerprint density at radius 3 is 2.50 bits per heavy atom. The summed E-state index contributed by atoms with van der Waals surface area (Å²) in [6, 6.07) is 7.46. The summed E-state index contributed by atoms with van der Waals surface area (Å²) in [7, 11) is 1.37. The molecule has 0 spiro atoms. The van der Waals surface area contributed by atoms with Gasteiger partial charge in [0.2, 0.25) is 5.60 Å². The first kappa shape index (κ1) is 9.68. The van der Waals surface area contributed by atoms with Gasteiger partial charge in [-0.15, -0.1) is 0 Å². The maximum absolute atomic E-state index is 11.4. The Hall–Kier alpha value is -0.870. The molecule has 0 aromatic heterocycles. The highest BCUT2D eigenvalue weighted by molar-refractivity contribution is 9.10. The molecular weight excluding hydrogens is 248 g/mol. The molecule has 74 valence electrons. The number of hydrogen-bond acceptors (Lipinski definition) is 3. The summed E-state index contributed by atoms with van der Waals surface area (Å²) in [6.07, 6.45) is 0. The van der Waals surface area contributed by atoms with E-state index in [1.54, 1.807) is 0 Å². The number of epoxide rings is 1. The minimum absolute atomic E-state index is 0.333. The maximum Gasteiger partial charge on any atom is 0.345 e. The van der Waals surface area contributed by atoms with Crippen molar-refractivity contribution in [2.45, 2.75) is 5.60 Å². The molecule has 4 heteroatoms. The standard InChI is InChI=1S/C10H9BrO3/c1-13-9(12)10(6-14-10)7-2-4-8(11)5-3-7/h2-5H,6H2,1H3. The average molecular weight is 257 g/mol. The van der Waals surface area contributed by atoms with E-state index < -0.39 is 5.60 Å². The number of carbonyl (C=O) groups is 1. The molecule has 14 heavy (non-hydrogen) atoms. The summed E-state index contributed by atoms with van der Waals surface area (Å²) in [5.41, 5.74) is 0.00248. The van der Waals surface area contributed by atoms with Gasteiger partial charge in [-0.3, -0.25) is 0 Å². The number of ether oxygens (including phenoxy) is 2. The highest BCUT2D eigenvalue weighted by Crippen LogP contribution is 2.40. The van der Waals surface area contributed by atoms with Gasteiger partial charge in [0.25, 0.3) is 0 Å². The van der Waals surface area contributed by atoms with Crippen LogP contribution >= 0.6 is 15.9 Å². The first-order valence-corrected chi connectivity index (χ1v) is 4.97. The zero-order valence-corrected chi connectivity index (χ0v) is 9.21. The van der Waals surface area contributed by atoms with Crippen molar-refractivity contribution in [3.05, 3.63) is 34.3 Å². The molecule has 1 aliphatic rings. The number of methoxy groups -OCH3 is 1. The molecule has 1 fully saturated rings. The third-order valence-corrected chi connectivity index (χ3v) is 2.79. The van der Waals surface area contributed by atoms with Crippen LogP contribution in [0.15, 0.2) is 28.7 Å². The third-order valence-electron chi connectivity index (χ3n) is 2.26. The highest BCUT2D eigenvalue weighted by Gasteiger charge is 2.55. The second-order valence-corrected chi connectivity index (χ2v) is 4.03. The molecule has 1 atom stereocenters. The van der Waals surface area contributed by atoms with Crippen molar-refractivity contribution >= 4 is 21.9 Å². The normalized spacial score (nSPS) is 24.4. The molecule has 1 heterocycles. The second kappa shape index (κ2) is 3.37. The van der Waals surface area contributed by atoms with Gasteiger partial charge in [-0.2, -0.15) is 0 Å². The van der Waals surface area contributed by atoms with E-state index in [0.717, 1.165) is 10.0 Å². The third kappa shape index (κ3) is 1.44. The minimum Gasteiger partial charge on any atom is -0.467 e. The first-order valence-electron chi connectivity index (χ1n) is 4.17. The summed E-state index contributed by atoms with van der Waals surface area (Å²) in [6.45, 7) is 0.404. The first-order chi connectivity index (χ1) is 6.69. The monoisotopic (exact) mass is 256 g/mol. The molecule has 0 N–H and O–H groups in total. The number of hydrogen-bond donors (Lipinski definition) is 0. The fourth-order valence-electron chi connectivity index (χ4n) is 1.36. The van der Waals surface area contributed by atoms with Gasteiger partial charge in [-0.1, -0.05) is 28.1 Å². The molecule has 0 saturated carbocycles. The van der Waals surface area contributed by atoms with Crippen molar-refractivity contribution in [2.24, 2.45) is 0 Å². The predicted molar refractivity (Wildman–Crippen MR) is 53.8 cm³/mol. The van der Waals surface area contributed by atoms with E-state index in [0.29, 0.717) is 6.61 Å². The minimum atomic E-state index is -0.838. The van der Waals surface area contributed by atoms with E-state index >= 15 is 0 Å². The lowest BCUT2D eigenvalue weighted by Gasteiger charge is -2.09. The predicted octanol–water partition coefficient (Wildman–Crippen LogP) is 1.85. The smallest absolute Gasteiger partial charge is 0.345 e. The van der Waals surface area contributed by atoms with E-state index in [1.807, 2.05) is 24.3 Å². The molecule has 3 nitrogen and oxygen atoms in total. The van der Waals surface area contributed by atoms with Crippen LogP contribution in [-0.4, -0.2) is 19.7 Å². The van der Waals surface area contributed by atoms with Gasteiger partial charge >= 0.3 is 5.97 Å². The van der Waals surface area contributed by atoms with E-state index in [2.05, 4.69) is 20.7 Å².